The first-order valence-corrected chi connectivity index (χ1v) is 7.51. The normalized spacial score (nSPS) is 12.9. The Hall–Kier alpha value is -0.720. The molecule has 0 aliphatic heterocycles. The molecule has 1 atom stereocenters. The number of thiophene rings is 1. The van der Waals surface area contributed by atoms with Crippen LogP contribution in [0, 0.1) is 13.8 Å². The molecule has 0 aliphatic carbocycles. The maximum atomic E-state index is 4.07. The monoisotopic (exact) mass is 328 g/mol. The highest BCUT2D eigenvalue weighted by molar-refractivity contribution is 9.10. The smallest absolute Gasteiger partial charge is 0.153 e. The minimum Gasteiger partial charge on any atom is -0.305 e. The van der Waals surface area contributed by atoms with E-state index in [2.05, 4.69) is 58.4 Å². The number of aryl methyl sites for hydroxylation is 3. The quantitative estimate of drug-likeness (QED) is 0.938. The Kier molecular flexibility index (Phi) is 4.19. The Morgan fingerprint density at radius 2 is 2.22 bits per heavy atom. The second-order valence-electron chi connectivity index (χ2n) is 4.27. The van der Waals surface area contributed by atoms with E-state index in [-0.39, 0.29) is 6.04 Å². The van der Waals surface area contributed by atoms with Gasteiger partial charge in [0.15, 0.2) is 4.60 Å². The van der Waals surface area contributed by atoms with Crippen LogP contribution in [-0.4, -0.2) is 21.5 Å². The van der Waals surface area contributed by atoms with E-state index in [1.54, 1.807) is 0 Å². The van der Waals surface area contributed by atoms with Crippen molar-refractivity contribution in [1.29, 1.82) is 0 Å². The van der Waals surface area contributed by atoms with Gasteiger partial charge >= 0.3 is 0 Å². The molecule has 0 radical (unpaired) electrons. The fourth-order valence-corrected chi connectivity index (χ4v) is 3.60. The largest absolute Gasteiger partial charge is 0.305 e. The average molecular weight is 329 g/mol. The van der Waals surface area contributed by atoms with Crippen molar-refractivity contribution in [2.75, 3.05) is 6.54 Å². The highest BCUT2D eigenvalue weighted by atomic mass is 79.9. The SMILES string of the molecule is CCNC(c1cc(C)c(C)s1)c1c(Br)nnn1C. The minimum atomic E-state index is 0.141. The van der Waals surface area contributed by atoms with Crippen LogP contribution in [0.4, 0.5) is 0 Å². The average Bonchev–Trinajstić information content (AvgIpc) is 2.81. The van der Waals surface area contributed by atoms with Crippen LogP contribution in [0.2, 0.25) is 0 Å². The third kappa shape index (κ3) is 2.50. The number of aromatic nitrogens is 3. The highest BCUT2D eigenvalue weighted by Crippen LogP contribution is 2.32. The van der Waals surface area contributed by atoms with E-state index in [0.29, 0.717) is 0 Å². The van der Waals surface area contributed by atoms with Crippen LogP contribution < -0.4 is 5.32 Å². The summed E-state index contributed by atoms with van der Waals surface area (Å²) >= 11 is 5.31. The molecule has 0 bridgehead atoms. The summed E-state index contributed by atoms with van der Waals surface area (Å²) in [7, 11) is 1.92. The van der Waals surface area contributed by atoms with Gasteiger partial charge in [0.05, 0.1) is 11.7 Å². The molecule has 2 heterocycles. The molecule has 0 spiro atoms. The molecule has 0 fully saturated rings. The summed E-state index contributed by atoms with van der Waals surface area (Å²) in [6, 6.07) is 2.38. The molecule has 0 amide bonds. The number of hydrogen-bond acceptors (Lipinski definition) is 4. The Bertz CT molecular complexity index is 507. The second kappa shape index (κ2) is 5.50. The van der Waals surface area contributed by atoms with Crippen LogP contribution in [0.15, 0.2) is 10.7 Å². The summed E-state index contributed by atoms with van der Waals surface area (Å²) in [5.41, 5.74) is 2.40. The van der Waals surface area contributed by atoms with Crippen LogP contribution in [-0.2, 0) is 7.05 Å². The summed E-state index contributed by atoms with van der Waals surface area (Å²) < 4.78 is 2.63. The van der Waals surface area contributed by atoms with Crippen LogP contribution >= 0.6 is 27.3 Å². The second-order valence-corrected chi connectivity index (χ2v) is 6.31. The molecule has 0 saturated heterocycles. The van der Waals surface area contributed by atoms with Crippen molar-refractivity contribution < 1.29 is 0 Å². The van der Waals surface area contributed by atoms with Crippen molar-refractivity contribution in [3.63, 3.8) is 0 Å². The Morgan fingerprint density at radius 1 is 1.50 bits per heavy atom. The molecule has 4 nitrogen and oxygen atoms in total. The fraction of sp³-hybridized carbons (Fsp3) is 0.500. The first-order chi connectivity index (χ1) is 8.54. The molecule has 0 aromatic carbocycles. The van der Waals surface area contributed by atoms with E-state index in [1.165, 1.54) is 15.3 Å². The number of rotatable bonds is 4. The summed E-state index contributed by atoms with van der Waals surface area (Å²) in [6.45, 7) is 7.31. The zero-order chi connectivity index (χ0) is 13.3. The predicted octanol–water partition coefficient (Wildman–Crippen LogP) is 2.95. The molecular weight excluding hydrogens is 312 g/mol. The minimum absolute atomic E-state index is 0.141. The summed E-state index contributed by atoms with van der Waals surface area (Å²) in [6.07, 6.45) is 0. The molecule has 0 saturated carbocycles. The van der Waals surface area contributed by atoms with Crippen molar-refractivity contribution in [3.05, 3.63) is 31.7 Å². The van der Waals surface area contributed by atoms with Crippen LogP contribution in [0.5, 0.6) is 0 Å². The third-order valence-corrected chi connectivity index (χ3v) is 4.76. The zero-order valence-electron chi connectivity index (χ0n) is 11.0. The first-order valence-electron chi connectivity index (χ1n) is 5.90. The fourth-order valence-electron chi connectivity index (χ4n) is 1.93. The molecule has 18 heavy (non-hydrogen) atoms. The lowest BCUT2D eigenvalue weighted by molar-refractivity contribution is 0.573. The summed E-state index contributed by atoms with van der Waals surface area (Å²) in [5.74, 6) is 0. The molecule has 1 unspecified atom stereocenters. The Morgan fingerprint density at radius 3 is 2.67 bits per heavy atom. The van der Waals surface area contributed by atoms with Gasteiger partial charge in [0.25, 0.3) is 0 Å². The van der Waals surface area contributed by atoms with Crippen molar-refractivity contribution in [2.45, 2.75) is 26.8 Å². The number of nitrogens with one attached hydrogen (secondary N) is 1. The highest BCUT2D eigenvalue weighted by Gasteiger charge is 2.23. The van der Waals surface area contributed by atoms with Crippen molar-refractivity contribution >= 4 is 27.3 Å². The van der Waals surface area contributed by atoms with Gasteiger partial charge < -0.3 is 5.32 Å². The molecule has 2 rings (SSSR count). The molecular formula is C12H17BrN4S. The standard InChI is InChI=1S/C12H17BrN4S/c1-5-14-10(9-6-7(2)8(3)18-9)11-12(13)15-16-17(11)4/h6,10,14H,5H2,1-4H3. The van der Waals surface area contributed by atoms with Gasteiger partial charge in [-0.1, -0.05) is 12.1 Å². The van der Waals surface area contributed by atoms with E-state index in [4.69, 9.17) is 0 Å². The Labute approximate surface area is 120 Å². The maximum Gasteiger partial charge on any atom is 0.153 e. The molecule has 2 aromatic rings. The van der Waals surface area contributed by atoms with E-state index in [9.17, 15) is 0 Å². The van der Waals surface area contributed by atoms with Crippen LogP contribution in [0.25, 0.3) is 0 Å². The van der Waals surface area contributed by atoms with Crippen molar-refractivity contribution in [2.24, 2.45) is 7.05 Å². The van der Waals surface area contributed by atoms with Gasteiger partial charge in [0.2, 0.25) is 0 Å². The Balaban J connectivity index is 2.46. The van der Waals surface area contributed by atoms with Crippen molar-refractivity contribution in [3.8, 4) is 0 Å². The van der Waals surface area contributed by atoms with E-state index >= 15 is 0 Å². The van der Waals surface area contributed by atoms with Gasteiger partial charge in [-0.05, 0) is 48.0 Å². The van der Waals surface area contributed by atoms with Gasteiger partial charge in [-0.3, -0.25) is 0 Å². The lowest BCUT2D eigenvalue weighted by Gasteiger charge is -2.16. The topological polar surface area (TPSA) is 42.7 Å². The summed E-state index contributed by atoms with van der Waals surface area (Å²) in [5, 5.41) is 11.6. The molecule has 6 heteroatoms. The first kappa shape index (κ1) is 13.7. The van der Waals surface area contributed by atoms with Gasteiger partial charge in [-0.2, -0.15) is 0 Å². The number of halogens is 1. The molecule has 2 aromatic heterocycles. The van der Waals surface area contributed by atoms with E-state index in [0.717, 1.165) is 16.8 Å². The molecule has 0 aliphatic rings. The van der Waals surface area contributed by atoms with Gasteiger partial charge in [0, 0.05) is 16.8 Å². The van der Waals surface area contributed by atoms with E-state index in [1.807, 2.05) is 23.1 Å². The lowest BCUT2D eigenvalue weighted by atomic mass is 10.1. The van der Waals surface area contributed by atoms with Crippen molar-refractivity contribution in [1.82, 2.24) is 20.3 Å². The lowest BCUT2D eigenvalue weighted by Crippen LogP contribution is -2.23. The number of hydrogen-bond donors (Lipinski definition) is 1. The van der Waals surface area contributed by atoms with E-state index < -0.39 is 0 Å². The van der Waals surface area contributed by atoms with Gasteiger partial charge in [0.1, 0.15) is 0 Å². The van der Waals surface area contributed by atoms with Gasteiger partial charge in [-0.15, -0.1) is 16.4 Å². The number of nitrogens with zero attached hydrogens (tertiary/aromatic N) is 3. The zero-order valence-corrected chi connectivity index (χ0v) is 13.4. The third-order valence-electron chi connectivity index (χ3n) is 2.98. The maximum absolute atomic E-state index is 4.07. The molecule has 98 valence electrons. The summed E-state index contributed by atoms with van der Waals surface area (Å²) in [4.78, 5) is 2.66. The van der Waals surface area contributed by atoms with Crippen LogP contribution in [0.1, 0.15) is 34.0 Å². The van der Waals surface area contributed by atoms with Gasteiger partial charge in [-0.25, -0.2) is 4.68 Å². The van der Waals surface area contributed by atoms with Crippen LogP contribution in [0.3, 0.4) is 0 Å². The molecule has 1 N–H and O–H groups in total. The predicted molar refractivity (Wildman–Crippen MR) is 78.0 cm³/mol.